The fourth-order valence-corrected chi connectivity index (χ4v) is 8.11. The maximum Gasteiger partial charge on any atom is 0.277 e. The summed E-state index contributed by atoms with van der Waals surface area (Å²) in [7, 11) is 0. The number of aryl methyl sites for hydroxylation is 3. The SMILES string of the molecule is [C-]#[N+]c1ccc(N2C(=O)C3(CCC3)N(C3CCN(c4ccc(OCC)c(-c5nn6c(CCC)nc(C)c6c(=O)[nH]5)c4)CC3)C2=S)cc1C. The Bertz CT molecular complexity index is 2030. The molecule has 2 aromatic carbocycles. The monoisotopic (exact) mass is 664 g/mol. The van der Waals surface area contributed by atoms with Crippen molar-refractivity contribution in [2.75, 3.05) is 29.5 Å². The van der Waals surface area contributed by atoms with Gasteiger partial charge in [0.25, 0.3) is 11.5 Å². The minimum Gasteiger partial charge on any atom is -0.493 e. The number of carbonyl (C=O) groups excluding carboxylic acids is 1. The Morgan fingerprint density at radius 3 is 2.48 bits per heavy atom. The lowest BCUT2D eigenvalue weighted by atomic mass is 9.74. The summed E-state index contributed by atoms with van der Waals surface area (Å²) >= 11 is 6.06. The molecule has 0 atom stereocenters. The van der Waals surface area contributed by atoms with Crippen LogP contribution in [0.25, 0.3) is 21.7 Å². The molecule has 248 valence electrons. The standard InChI is InChI=1S/C36H40N8O3S/c1-6-9-30-38-23(4)31-33(45)39-32(40-44(30)31)27-21-25(11-13-29(27)47-7-2)41-18-14-24(15-19-41)43-35(48)42(34(46)36(43)16-8-17-36)26-10-12-28(37-5)22(3)20-26/h10-13,20-21,24H,6-9,14-19H2,1-4H3,(H,39,40,45). The van der Waals surface area contributed by atoms with Crippen LogP contribution in [0, 0.1) is 20.4 Å². The number of fused-ring (bicyclic) bond motifs is 1. The predicted molar refractivity (Wildman–Crippen MR) is 190 cm³/mol. The Morgan fingerprint density at radius 2 is 1.83 bits per heavy atom. The number of nitrogens with one attached hydrogen (secondary N) is 1. The number of hydrogen-bond acceptors (Lipinski definition) is 7. The first-order valence-corrected chi connectivity index (χ1v) is 17.3. The Labute approximate surface area is 285 Å². The van der Waals surface area contributed by atoms with Crippen LogP contribution in [0.3, 0.4) is 0 Å². The van der Waals surface area contributed by atoms with E-state index < -0.39 is 5.54 Å². The highest BCUT2D eigenvalue weighted by Gasteiger charge is 2.60. The number of thiocarbonyl (C=S) groups is 1. The number of amides is 1. The zero-order valence-electron chi connectivity index (χ0n) is 27.9. The maximum atomic E-state index is 14.0. The predicted octanol–water partition coefficient (Wildman–Crippen LogP) is 6.13. The summed E-state index contributed by atoms with van der Waals surface area (Å²) < 4.78 is 7.69. The van der Waals surface area contributed by atoms with Crippen LogP contribution >= 0.6 is 12.2 Å². The highest BCUT2D eigenvalue weighted by Crippen LogP contribution is 2.48. The third-order valence-electron chi connectivity index (χ3n) is 10.1. The smallest absolute Gasteiger partial charge is 0.277 e. The molecule has 3 aliphatic rings. The number of ether oxygens (including phenoxy) is 1. The molecule has 4 aromatic rings. The van der Waals surface area contributed by atoms with Crippen molar-refractivity contribution in [3.05, 3.63) is 75.3 Å². The average Bonchev–Trinajstić information content (AvgIpc) is 3.51. The molecule has 1 spiro atoms. The normalized spacial score (nSPS) is 17.8. The lowest BCUT2D eigenvalue weighted by molar-refractivity contribution is -0.130. The van der Waals surface area contributed by atoms with Gasteiger partial charge in [-0.1, -0.05) is 13.0 Å². The fourth-order valence-electron chi connectivity index (χ4n) is 7.60. The first kappa shape index (κ1) is 31.8. The summed E-state index contributed by atoms with van der Waals surface area (Å²) in [4.78, 5) is 44.8. The summed E-state index contributed by atoms with van der Waals surface area (Å²) in [5, 5.41) is 5.43. The largest absolute Gasteiger partial charge is 0.493 e. The first-order valence-electron chi connectivity index (χ1n) is 16.9. The minimum atomic E-state index is -0.582. The summed E-state index contributed by atoms with van der Waals surface area (Å²) in [5.74, 6) is 1.92. The molecule has 2 saturated heterocycles. The van der Waals surface area contributed by atoms with Crippen molar-refractivity contribution in [2.45, 2.75) is 84.2 Å². The van der Waals surface area contributed by atoms with Crippen LogP contribution in [0.5, 0.6) is 5.75 Å². The second-order valence-electron chi connectivity index (χ2n) is 13.0. The van der Waals surface area contributed by atoms with Crippen molar-refractivity contribution in [3.8, 4) is 17.1 Å². The van der Waals surface area contributed by atoms with Gasteiger partial charge in [-0.15, -0.1) is 5.10 Å². The zero-order valence-corrected chi connectivity index (χ0v) is 28.7. The van der Waals surface area contributed by atoms with E-state index in [0.717, 1.165) is 86.4 Å². The number of aromatic amines is 1. The Morgan fingerprint density at radius 1 is 1.08 bits per heavy atom. The van der Waals surface area contributed by atoms with Crippen molar-refractivity contribution in [3.63, 3.8) is 0 Å². The third-order valence-corrected chi connectivity index (χ3v) is 10.5. The van der Waals surface area contributed by atoms with E-state index in [9.17, 15) is 9.59 Å². The van der Waals surface area contributed by atoms with Crippen LogP contribution < -0.4 is 20.1 Å². The molecule has 3 fully saturated rings. The number of imidazole rings is 1. The molecule has 12 heteroatoms. The zero-order chi connectivity index (χ0) is 33.7. The molecule has 1 saturated carbocycles. The van der Waals surface area contributed by atoms with Crippen LogP contribution in [-0.4, -0.2) is 66.8 Å². The second-order valence-corrected chi connectivity index (χ2v) is 13.4. The Balaban J connectivity index is 1.15. The van der Waals surface area contributed by atoms with Crippen LogP contribution in [0.1, 0.15) is 69.5 Å². The van der Waals surface area contributed by atoms with Crippen molar-refractivity contribution in [1.82, 2.24) is 24.5 Å². The molecule has 0 bridgehead atoms. The van der Waals surface area contributed by atoms with Gasteiger partial charge < -0.3 is 19.5 Å². The molecule has 0 unspecified atom stereocenters. The van der Waals surface area contributed by atoms with E-state index in [1.807, 2.05) is 45.0 Å². The number of piperidine rings is 1. The maximum absolute atomic E-state index is 14.0. The summed E-state index contributed by atoms with van der Waals surface area (Å²) in [6.07, 6.45) is 5.91. The van der Waals surface area contributed by atoms with E-state index in [0.29, 0.717) is 40.2 Å². The van der Waals surface area contributed by atoms with Gasteiger partial charge in [0, 0.05) is 36.9 Å². The second kappa shape index (κ2) is 12.4. The molecular weight excluding hydrogens is 625 g/mol. The number of aromatic nitrogens is 4. The Hall–Kier alpha value is -4.76. The van der Waals surface area contributed by atoms with E-state index in [1.165, 1.54) is 0 Å². The Kier molecular flexibility index (Phi) is 8.19. The molecule has 0 radical (unpaired) electrons. The van der Waals surface area contributed by atoms with Crippen LogP contribution in [0.4, 0.5) is 17.1 Å². The van der Waals surface area contributed by atoms with Crippen molar-refractivity contribution >= 4 is 45.8 Å². The highest BCUT2D eigenvalue weighted by atomic mass is 32.1. The molecule has 2 aliphatic heterocycles. The van der Waals surface area contributed by atoms with Crippen LogP contribution in [-0.2, 0) is 11.2 Å². The lowest BCUT2D eigenvalue weighted by Gasteiger charge is -2.49. The lowest BCUT2D eigenvalue weighted by Crippen LogP contribution is -2.60. The molecule has 1 N–H and O–H groups in total. The van der Waals surface area contributed by atoms with Gasteiger partial charge in [-0.3, -0.25) is 14.5 Å². The summed E-state index contributed by atoms with van der Waals surface area (Å²) in [6.45, 7) is 17.2. The number of hydrogen-bond donors (Lipinski definition) is 1. The van der Waals surface area contributed by atoms with Gasteiger partial charge >= 0.3 is 0 Å². The number of H-pyrrole nitrogens is 1. The average molecular weight is 665 g/mol. The first-order chi connectivity index (χ1) is 23.2. The van der Waals surface area contributed by atoms with Gasteiger partial charge in [0.15, 0.2) is 22.1 Å². The summed E-state index contributed by atoms with van der Waals surface area (Å²) in [5.41, 5.74) is 4.21. The summed E-state index contributed by atoms with van der Waals surface area (Å²) in [6, 6.07) is 11.7. The van der Waals surface area contributed by atoms with Crippen molar-refractivity contribution < 1.29 is 9.53 Å². The van der Waals surface area contributed by atoms with Gasteiger partial charge in [0.05, 0.1) is 24.4 Å². The van der Waals surface area contributed by atoms with Gasteiger partial charge in [-0.25, -0.2) is 14.3 Å². The van der Waals surface area contributed by atoms with Gasteiger partial charge in [0.1, 0.15) is 17.1 Å². The van der Waals surface area contributed by atoms with E-state index in [2.05, 4.69) is 37.6 Å². The number of anilines is 2. The quantitative estimate of drug-likeness (QED) is 0.177. The molecule has 2 aromatic heterocycles. The molecule has 11 nitrogen and oxygen atoms in total. The molecule has 4 heterocycles. The van der Waals surface area contributed by atoms with Gasteiger partial charge in [-0.2, -0.15) is 0 Å². The third kappa shape index (κ3) is 5.03. The van der Waals surface area contributed by atoms with Gasteiger partial charge in [0.2, 0.25) is 0 Å². The minimum absolute atomic E-state index is 0.0564. The molecule has 7 rings (SSSR count). The molecule has 1 aliphatic carbocycles. The number of carbonyl (C=O) groups is 1. The fraction of sp³-hybridized carbons (Fsp3) is 0.444. The van der Waals surface area contributed by atoms with E-state index in [-0.39, 0.29) is 17.5 Å². The molecular formula is C36H40N8O3S. The highest BCUT2D eigenvalue weighted by molar-refractivity contribution is 7.80. The number of rotatable bonds is 8. The number of nitrogens with zero attached hydrogens (tertiary/aromatic N) is 7. The van der Waals surface area contributed by atoms with Crippen LogP contribution in [0.2, 0.25) is 0 Å². The topological polar surface area (TPSA) is 103 Å². The van der Waals surface area contributed by atoms with Crippen molar-refractivity contribution in [2.24, 2.45) is 0 Å². The van der Waals surface area contributed by atoms with E-state index >= 15 is 0 Å². The van der Waals surface area contributed by atoms with Crippen LogP contribution in [0.15, 0.2) is 41.2 Å². The van der Waals surface area contributed by atoms with E-state index in [1.54, 1.807) is 15.5 Å². The molecule has 48 heavy (non-hydrogen) atoms. The number of benzene rings is 2. The van der Waals surface area contributed by atoms with Crippen molar-refractivity contribution in [1.29, 1.82) is 0 Å². The van der Waals surface area contributed by atoms with E-state index in [4.69, 9.17) is 28.6 Å². The van der Waals surface area contributed by atoms with Gasteiger partial charge in [-0.05, 0) is 107 Å². The molecule has 1 amide bonds.